The molecule has 0 aromatic heterocycles. The zero-order valence-corrected chi connectivity index (χ0v) is 8.06. The molecule has 0 N–H and O–H groups in total. The molecule has 0 aliphatic carbocycles. The molecule has 1 nitrogen and oxygen atoms in total. The van der Waals surface area contributed by atoms with Crippen molar-refractivity contribution in [2.45, 2.75) is 30.4 Å². The van der Waals surface area contributed by atoms with Crippen LogP contribution in [0.4, 0.5) is 0 Å². The van der Waals surface area contributed by atoms with Crippen LogP contribution in [-0.4, -0.2) is 15.0 Å². The summed E-state index contributed by atoms with van der Waals surface area (Å²) >= 11 is 0.554. The Morgan fingerprint density at radius 3 is 2.70 bits per heavy atom. The van der Waals surface area contributed by atoms with Gasteiger partial charge in [0.1, 0.15) is 0 Å². The van der Waals surface area contributed by atoms with E-state index in [2.05, 4.69) is 19.9 Å². The molecule has 1 rings (SSSR count). The van der Waals surface area contributed by atoms with Crippen LogP contribution < -0.4 is 0 Å². The van der Waals surface area contributed by atoms with Crippen molar-refractivity contribution in [1.29, 1.82) is 5.26 Å². The summed E-state index contributed by atoms with van der Waals surface area (Å²) in [5.41, 5.74) is 2.96. The van der Waals surface area contributed by atoms with Crippen LogP contribution in [0.15, 0.2) is 11.1 Å². The zero-order valence-electron chi connectivity index (χ0n) is 6.35. The fourth-order valence-electron chi connectivity index (χ4n) is 0.943. The fraction of sp³-hybridized carbons (Fsp3) is 0.625. The van der Waals surface area contributed by atoms with Crippen LogP contribution >= 0.6 is 0 Å². The molecule has 0 spiro atoms. The standard InChI is InChI=1S/C8H11NSe/c1-6-3-8(4-9)10-5-7(6)2/h8H,3,5H2,1-2H3. The maximum absolute atomic E-state index is 8.64. The molecule has 10 heavy (non-hydrogen) atoms. The van der Waals surface area contributed by atoms with Gasteiger partial charge in [-0.2, -0.15) is 0 Å². The molecular formula is C8H11NSe. The van der Waals surface area contributed by atoms with Crippen molar-refractivity contribution in [2.75, 3.05) is 0 Å². The second-order valence-corrected chi connectivity index (χ2v) is 5.19. The summed E-state index contributed by atoms with van der Waals surface area (Å²) < 4.78 is 0. The molecule has 54 valence electrons. The van der Waals surface area contributed by atoms with Crippen molar-refractivity contribution in [2.24, 2.45) is 0 Å². The van der Waals surface area contributed by atoms with Gasteiger partial charge in [-0.15, -0.1) is 0 Å². The summed E-state index contributed by atoms with van der Waals surface area (Å²) in [7, 11) is 0. The average Bonchev–Trinajstić information content (AvgIpc) is 1.95. The molecule has 1 aliphatic heterocycles. The summed E-state index contributed by atoms with van der Waals surface area (Å²) in [6, 6.07) is 2.35. The Morgan fingerprint density at radius 1 is 1.50 bits per heavy atom. The third-order valence-electron chi connectivity index (χ3n) is 1.87. The van der Waals surface area contributed by atoms with Gasteiger partial charge in [-0.25, -0.2) is 0 Å². The van der Waals surface area contributed by atoms with E-state index >= 15 is 0 Å². The van der Waals surface area contributed by atoms with Crippen molar-refractivity contribution in [3.63, 3.8) is 0 Å². The minimum absolute atomic E-state index is 0.358. The van der Waals surface area contributed by atoms with Crippen molar-refractivity contribution in [1.82, 2.24) is 0 Å². The number of hydrogen-bond acceptors (Lipinski definition) is 1. The Bertz CT molecular complexity index is 200. The number of rotatable bonds is 0. The van der Waals surface area contributed by atoms with Gasteiger partial charge in [-0.05, 0) is 0 Å². The van der Waals surface area contributed by atoms with E-state index in [9.17, 15) is 0 Å². The number of nitriles is 1. The van der Waals surface area contributed by atoms with E-state index in [4.69, 9.17) is 5.26 Å². The monoisotopic (exact) mass is 201 g/mol. The molecule has 0 bridgehead atoms. The van der Waals surface area contributed by atoms with Crippen LogP contribution in [0.2, 0.25) is 10.1 Å². The fourth-order valence-corrected chi connectivity index (χ4v) is 3.33. The Labute approximate surface area is 68.3 Å². The first-order chi connectivity index (χ1) is 4.74. The Kier molecular flexibility index (Phi) is 2.54. The van der Waals surface area contributed by atoms with Crippen molar-refractivity contribution >= 4 is 15.0 Å². The first kappa shape index (κ1) is 7.85. The average molecular weight is 200 g/mol. The molecule has 1 heterocycles. The molecule has 0 saturated carbocycles. The van der Waals surface area contributed by atoms with E-state index in [0.29, 0.717) is 19.8 Å². The molecule has 0 radical (unpaired) electrons. The normalized spacial score (nSPS) is 26.3. The summed E-state index contributed by atoms with van der Waals surface area (Å²) in [5.74, 6) is 0. The van der Waals surface area contributed by atoms with Crippen molar-refractivity contribution in [3.8, 4) is 6.07 Å². The van der Waals surface area contributed by atoms with E-state index in [1.165, 1.54) is 16.5 Å². The predicted molar refractivity (Wildman–Crippen MR) is 42.9 cm³/mol. The molecule has 0 aromatic rings. The molecule has 0 aromatic carbocycles. The number of allylic oxidation sites excluding steroid dienone is 2. The zero-order chi connectivity index (χ0) is 7.56. The topological polar surface area (TPSA) is 23.8 Å². The third-order valence-corrected chi connectivity index (χ3v) is 4.54. The van der Waals surface area contributed by atoms with E-state index in [1.807, 2.05) is 0 Å². The Hall–Kier alpha value is -0.251. The molecule has 0 saturated heterocycles. The summed E-state index contributed by atoms with van der Waals surface area (Å²) in [6.45, 7) is 4.33. The number of hydrogen-bond donors (Lipinski definition) is 0. The van der Waals surface area contributed by atoms with E-state index in [-0.39, 0.29) is 0 Å². The summed E-state index contributed by atoms with van der Waals surface area (Å²) in [5, 5.41) is 9.83. The molecule has 2 heteroatoms. The molecule has 1 atom stereocenters. The molecule has 0 fully saturated rings. The second kappa shape index (κ2) is 3.23. The van der Waals surface area contributed by atoms with Gasteiger partial charge in [0.2, 0.25) is 0 Å². The third kappa shape index (κ3) is 1.62. The van der Waals surface area contributed by atoms with E-state index < -0.39 is 0 Å². The van der Waals surface area contributed by atoms with Gasteiger partial charge in [-0.1, -0.05) is 0 Å². The summed E-state index contributed by atoms with van der Waals surface area (Å²) in [6.07, 6.45) is 1.03. The first-order valence-corrected chi connectivity index (χ1v) is 5.60. The predicted octanol–water partition coefficient (Wildman–Crippen LogP) is 2.16. The van der Waals surface area contributed by atoms with E-state index in [1.54, 1.807) is 0 Å². The first-order valence-electron chi connectivity index (χ1n) is 3.40. The summed E-state index contributed by atoms with van der Waals surface area (Å²) in [4.78, 5) is 0.358. The van der Waals surface area contributed by atoms with Crippen molar-refractivity contribution in [3.05, 3.63) is 11.1 Å². The van der Waals surface area contributed by atoms with Gasteiger partial charge in [0, 0.05) is 0 Å². The van der Waals surface area contributed by atoms with Gasteiger partial charge >= 0.3 is 67.8 Å². The Morgan fingerprint density at radius 2 is 2.20 bits per heavy atom. The van der Waals surface area contributed by atoms with Crippen LogP contribution in [0.3, 0.4) is 0 Å². The number of nitrogens with zero attached hydrogens (tertiary/aromatic N) is 1. The van der Waals surface area contributed by atoms with Gasteiger partial charge in [0.25, 0.3) is 0 Å². The minimum atomic E-state index is 0.358. The van der Waals surface area contributed by atoms with Gasteiger partial charge < -0.3 is 0 Å². The van der Waals surface area contributed by atoms with Crippen LogP contribution in [0, 0.1) is 11.3 Å². The second-order valence-electron chi connectivity index (χ2n) is 2.69. The molecule has 1 aliphatic rings. The van der Waals surface area contributed by atoms with Gasteiger partial charge in [0.05, 0.1) is 0 Å². The molecule has 1 unspecified atom stereocenters. The van der Waals surface area contributed by atoms with Crippen molar-refractivity contribution < 1.29 is 0 Å². The van der Waals surface area contributed by atoms with Crippen LogP contribution in [0.25, 0.3) is 0 Å². The van der Waals surface area contributed by atoms with Crippen LogP contribution in [-0.2, 0) is 0 Å². The Balaban J connectivity index is 2.64. The van der Waals surface area contributed by atoms with Crippen LogP contribution in [0.1, 0.15) is 20.3 Å². The SMILES string of the molecule is CC1=C(C)CC(C#N)[Se]C1. The van der Waals surface area contributed by atoms with Crippen LogP contribution in [0.5, 0.6) is 0 Å². The quantitative estimate of drug-likeness (QED) is 0.434. The van der Waals surface area contributed by atoms with Gasteiger partial charge in [-0.3, -0.25) is 0 Å². The molecular weight excluding hydrogens is 189 g/mol. The van der Waals surface area contributed by atoms with Gasteiger partial charge in [0.15, 0.2) is 0 Å². The molecule has 0 amide bonds. The van der Waals surface area contributed by atoms with E-state index in [0.717, 1.165) is 6.42 Å². The maximum atomic E-state index is 8.64.